The molecule has 0 aliphatic heterocycles. The third-order valence-corrected chi connectivity index (χ3v) is 2.41. The molecule has 1 nitrogen and oxygen atoms in total. The molecule has 0 unspecified atom stereocenters. The predicted octanol–water partition coefficient (Wildman–Crippen LogP) is 2.57. The van der Waals surface area contributed by atoms with Gasteiger partial charge in [-0.05, 0) is 31.8 Å². The highest BCUT2D eigenvalue weighted by molar-refractivity contribution is 5.93. The normalized spacial score (nSPS) is 25.6. The minimum Gasteiger partial charge on any atom is -0.295 e. The molecule has 0 aromatic carbocycles. The van der Waals surface area contributed by atoms with Crippen molar-refractivity contribution >= 4 is 5.78 Å². The predicted molar refractivity (Wildman–Crippen MR) is 46.3 cm³/mol. The van der Waals surface area contributed by atoms with Crippen molar-refractivity contribution < 1.29 is 4.79 Å². The lowest BCUT2D eigenvalue weighted by Crippen LogP contribution is -2.21. The van der Waals surface area contributed by atoms with Crippen LogP contribution in [0.5, 0.6) is 0 Å². The van der Waals surface area contributed by atoms with E-state index in [1.54, 1.807) is 0 Å². The second kappa shape index (κ2) is 3.21. The van der Waals surface area contributed by atoms with Crippen LogP contribution in [0.2, 0.25) is 0 Å². The van der Waals surface area contributed by atoms with Crippen LogP contribution < -0.4 is 0 Å². The van der Waals surface area contributed by atoms with Crippen LogP contribution in [0, 0.1) is 11.8 Å². The van der Waals surface area contributed by atoms with Gasteiger partial charge in [-0.3, -0.25) is 4.79 Å². The first kappa shape index (κ1) is 8.51. The number of allylic oxidation sites excluding steroid dienone is 2. The lowest BCUT2D eigenvalue weighted by Gasteiger charge is -2.22. The minimum atomic E-state index is 0.290. The van der Waals surface area contributed by atoms with Gasteiger partial charge in [0.25, 0.3) is 0 Å². The van der Waals surface area contributed by atoms with Crippen molar-refractivity contribution in [1.82, 2.24) is 0 Å². The van der Waals surface area contributed by atoms with E-state index in [9.17, 15) is 4.79 Å². The van der Waals surface area contributed by atoms with Crippen molar-refractivity contribution in [2.24, 2.45) is 11.8 Å². The van der Waals surface area contributed by atoms with Crippen LogP contribution in [0.15, 0.2) is 11.6 Å². The van der Waals surface area contributed by atoms with Gasteiger partial charge in [-0.2, -0.15) is 0 Å². The summed E-state index contributed by atoms with van der Waals surface area (Å²) < 4.78 is 0. The van der Waals surface area contributed by atoms with Crippen molar-refractivity contribution in [2.45, 2.75) is 33.6 Å². The van der Waals surface area contributed by atoms with Gasteiger partial charge in [0.2, 0.25) is 0 Å². The van der Waals surface area contributed by atoms with Gasteiger partial charge in [0, 0.05) is 5.92 Å². The molecule has 0 spiro atoms. The van der Waals surface area contributed by atoms with E-state index in [-0.39, 0.29) is 0 Å². The first-order valence-corrected chi connectivity index (χ1v) is 4.32. The molecule has 1 rings (SSSR count). The lowest BCUT2D eigenvalue weighted by molar-refractivity contribution is -0.120. The molecule has 1 heteroatoms. The standard InChI is InChI=1S/C10H16O/c1-7(2)9-5-4-8(3)6-10(9)11/h6-7,9H,4-5H2,1-3H3/t9-/m1/s1. The molecule has 0 aromatic rings. The van der Waals surface area contributed by atoms with E-state index in [0.29, 0.717) is 17.6 Å². The zero-order chi connectivity index (χ0) is 8.43. The third-order valence-electron chi connectivity index (χ3n) is 2.41. The largest absolute Gasteiger partial charge is 0.295 e. The van der Waals surface area contributed by atoms with E-state index in [1.165, 1.54) is 5.57 Å². The van der Waals surface area contributed by atoms with Gasteiger partial charge in [0.15, 0.2) is 5.78 Å². The molecule has 0 amide bonds. The summed E-state index contributed by atoms with van der Waals surface area (Å²) in [6, 6.07) is 0. The van der Waals surface area contributed by atoms with Crippen molar-refractivity contribution in [3.8, 4) is 0 Å². The molecule has 0 radical (unpaired) electrons. The van der Waals surface area contributed by atoms with E-state index < -0.39 is 0 Å². The zero-order valence-electron chi connectivity index (χ0n) is 7.55. The van der Waals surface area contributed by atoms with Crippen LogP contribution in [0.1, 0.15) is 33.6 Å². The summed E-state index contributed by atoms with van der Waals surface area (Å²) in [5.41, 5.74) is 1.24. The fourth-order valence-electron chi connectivity index (χ4n) is 1.61. The summed E-state index contributed by atoms with van der Waals surface area (Å²) in [6.07, 6.45) is 3.97. The van der Waals surface area contributed by atoms with E-state index in [4.69, 9.17) is 0 Å². The molecule has 1 aliphatic carbocycles. The monoisotopic (exact) mass is 152 g/mol. The molecule has 0 fully saturated rings. The number of carbonyl (C=O) groups is 1. The van der Waals surface area contributed by atoms with Crippen molar-refractivity contribution in [3.63, 3.8) is 0 Å². The summed E-state index contributed by atoms with van der Waals surface area (Å²) >= 11 is 0. The Morgan fingerprint density at radius 3 is 2.64 bits per heavy atom. The second-order valence-corrected chi connectivity index (χ2v) is 3.78. The molecule has 0 N–H and O–H groups in total. The third kappa shape index (κ3) is 1.92. The molecule has 1 aliphatic rings. The Balaban J connectivity index is 2.68. The number of hydrogen-bond donors (Lipinski definition) is 0. The Labute approximate surface area is 68.5 Å². The van der Waals surface area contributed by atoms with Gasteiger partial charge in [-0.25, -0.2) is 0 Å². The number of ketones is 1. The minimum absolute atomic E-state index is 0.290. The average Bonchev–Trinajstić information content (AvgIpc) is 1.85. The maximum absolute atomic E-state index is 11.4. The van der Waals surface area contributed by atoms with Gasteiger partial charge < -0.3 is 0 Å². The van der Waals surface area contributed by atoms with E-state index in [0.717, 1.165) is 12.8 Å². The van der Waals surface area contributed by atoms with Crippen LogP contribution in [-0.4, -0.2) is 5.78 Å². The summed E-state index contributed by atoms with van der Waals surface area (Å²) in [7, 11) is 0. The Hall–Kier alpha value is -0.590. The van der Waals surface area contributed by atoms with E-state index in [1.807, 2.05) is 13.0 Å². The Morgan fingerprint density at radius 2 is 2.18 bits per heavy atom. The van der Waals surface area contributed by atoms with E-state index >= 15 is 0 Å². The summed E-state index contributed by atoms with van der Waals surface area (Å²) in [6.45, 7) is 6.28. The molecule has 0 heterocycles. The molecule has 0 saturated heterocycles. The van der Waals surface area contributed by atoms with Gasteiger partial charge in [0.1, 0.15) is 0 Å². The van der Waals surface area contributed by atoms with Gasteiger partial charge >= 0.3 is 0 Å². The number of hydrogen-bond acceptors (Lipinski definition) is 1. The molecule has 1 atom stereocenters. The van der Waals surface area contributed by atoms with Gasteiger partial charge in [-0.15, -0.1) is 0 Å². The summed E-state index contributed by atoms with van der Waals surface area (Å²) in [4.78, 5) is 11.4. The van der Waals surface area contributed by atoms with Crippen molar-refractivity contribution in [3.05, 3.63) is 11.6 Å². The molecule has 62 valence electrons. The van der Waals surface area contributed by atoms with Crippen molar-refractivity contribution in [1.29, 1.82) is 0 Å². The Kier molecular flexibility index (Phi) is 2.48. The van der Waals surface area contributed by atoms with Crippen LogP contribution in [0.3, 0.4) is 0 Å². The number of rotatable bonds is 1. The molecule has 0 aromatic heterocycles. The molecular formula is C10H16O. The SMILES string of the molecule is CC1=CC(=O)[C@@H](C(C)C)CC1. The van der Waals surface area contributed by atoms with Crippen LogP contribution >= 0.6 is 0 Å². The zero-order valence-corrected chi connectivity index (χ0v) is 7.55. The first-order valence-electron chi connectivity index (χ1n) is 4.32. The number of carbonyl (C=O) groups excluding carboxylic acids is 1. The topological polar surface area (TPSA) is 17.1 Å². The quantitative estimate of drug-likeness (QED) is 0.564. The first-order chi connectivity index (χ1) is 5.11. The highest BCUT2D eigenvalue weighted by Gasteiger charge is 2.23. The Bertz CT molecular complexity index is 189. The van der Waals surface area contributed by atoms with Crippen LogP contribution in [0.4, 0.5) is 0 Å². The average molecular weight is 152 g/mol. The van der Waals surface area contributed by atoms with Crippen LogP contribution in [0.25, 0.3) is 0 Å². The summed E-state index contributed by atoms with van der Waals surface area (Å²) in [5, 5.41) is 0. The maximum atomic E-state index is 11.4. The fraction of sp³-hybridized carbons (Fsp3) is 0.700. The molecular weight excluding hydrogens is 136 g/mol. The van der Waals surface area contributed by atoms with Crippen molar-refractivity contribution in [2.75, 3.05) is 0 Å². The summed E-state index contributed by atoms with van der Waals surface area (Å²) in [5.74, 6) is 1.13. The highest BCUT2D eigenvalue weighted by atomic mass is 16.1. The van der Waals surface area contributed by atoms with Crippen LogP contribution in [-0.2, 0) is 4.79 Å². The highest BCUT2D eigenvalue weighted by Crippen LogP contribution is 2.25. The second-order valence-electron chi connectivity index (χ2n) is 3.78. The maximum Gasteiger partial charge on any atom is 0.158 e. The lowest BCUT2D eigenvalue weighted by atomic mass is 9.82. The van der Waals surface area contributed by atoms with Gasteiger partial charge in [0.05, 0.1) is 0 Å². The fourth-order valence-corrected chi connectivity index (χ4v) is 1.61. The molecule has 0 bridgehead atoms. The molecule has 0 saturated carbocycles. The smallest absolute Gasteiger partial charge is 0.158 e. The van der Waals surface area contributed by atoms with E-state index in [2.05, 4.69) is 13.8 Å². The molecule has 11 heavy (non-hydrogen) atoms. The Morgan fingerprint density at radius 1 is 1.55 bits per heavy atom. The van der Waals surface area contributed by atoms with Gasteiger partial charge in [-0.1, -0.05) is 19.4 Å².